The molecule has 0 fully saturated rings. The number of nitrogens with zero attached hydrogens (tertiary/aromatic N) is 1. The molecule has 2 amide bonds. The molecule has 0 aliphatic carbocycles. The molecule has 0 saturated heterocycles. The van der Waals surface area contributed by atoms with E-state index in [1.807, 2.05) is 54.6 Å². The Kier molecular flexibility index (Phi) is 7.48. The van der Waals surface area contributed by atoms with Crippen molar-refractivity contribution in [1.82, 2.24) is 10.2 Å². The lowest BCUT2D eigenvalue weighted by Gasteiger charge is -2.25. The van der Waals surface area contributed by atoms with Crippen molar-refractivity contribution in [3.05, 3.63) is 65.7 Å². The molecule has 0 radical (unpaired) electrons. The van der Waals surface area contributed by atoms with E-state index in [0.717, 1.165) is 5.56 Å². The maximum atomic E-state index is 12.5. The van der Waals surface area contributed by atoms with Crippen LogP contribution >= 0.6 is 0 Å². The first-order valence-electron chi connectivity index (χ1n) is 8.96. The van der Waals surface area contributed by atoms with Gasteiger partial charge in [0.25, 0.3) is 0 Å². The molecule has 0 aromatic heterocycles. The van der Waals surface area contributed by atoms with Crippen molar-refractivity contribution in [2.24, 2.45) is 0 Å². The zero-order valence-electron chi connectivity index (χ0n) is 15.7. The van der Waals surface area contributed by atoms with Crippen molar-refractivity contribution in [2.75, 3.05) is 13.2 Å². The van der Waals surface area contributed by atoms with Gasteiger partial charge in [0.05, 0.1) is 6.61 Å². The van der Waals surface area contributed by atoms with Crippen LogP contribution in [-0.4, -0.2) is 35.4 Å². The highest BCUT2D eigenvalue weighted by molar-refractivity contribution is 5.74. The standard InChI is InChI=1S/C21H28N2O3/c1-16(2)19-9-11-20(12-10-19)26-17(3)22-21(25)23(13-14-24)15-18-7-5-4-6-8-18/h4-12,16-17,24H,13-15H2,1-3H3,(H,22,25). The minimum absolute atomic E-state index is 0.0911. The summed E-state index contributed by atoms with van der Waals surface area (Å²) in [4.78, 5) is 14.1. The Hall–Kier alpha value is -2.53. The number of aliphatic hydroxyl groups is 1. The summed E-state index contributed by atoms with van der Waals surface area (Å²) in [6.07, 6.45) is -0.482. The van der Waals surface area contributed by atoms with Gasteiger partial charge in [0.1, 0.15) is 5.75 Å². The van der Waals surface area contributed by atoms with E-state index in [0.29, 0.717) is 18.2 Å². The Morgan fingerprint density at radius 2 is 1.73 bits per heavy atom. The van der Waals surface area contributed by atoms with Crippen LogP contribution in [0.5, 0.6) is 5.75 Å². The van der Waals surface area contributed by atoms with Crippen LogP contribution in [0.3, 0.4) is 0 Å². The molecule has 1 atom stereocenters. The Balaban J connectivity index is 1.92. The Morgan fingerprint density at radius 1 is 1.08 bits per heavy atom. The summed E-state index contributed by atoms with van der Waals surface area (Å²) in [5.41, 5.74) is 2.25. The second kappa shape index (κ2) is 9.82. The minimum Gasteiger partial charge on any atom is -0.471 e. The lowest BCUT2D eigenvalue weighted by molar-refractivity contribution is 0.141. The highest BCUT2D eigenvalue weighted by Crippen LogP contribution is 2.19. The Morgan fingerprint density at radius 3 is 2.31 bits per heavy atom. The summed E-state index contributed by atoms with van der Waals surface area (Å²) in [6.45, 7) is 6.67. The summed E-state index contributed by atoms with van der Waals surface area (Å²) < 4.78 is 5.78. The molecular weight excluding hydrogens is 328 g/mol. The van der Waals surface area contributed by atoms with E-state index < -0.39 is 6.23 Å². The van der Waals surface area contributed by atoms with Gasteiger partial charge in [-0.25, -0.2) is 4.79 Å². The maximum absolute atomic E-state index is 12.5. The molecular formula is C21H28N2O3. The fourth-order valence-corrected chi connectivity index (χ4v) is 2.61. The topological polar surface area (TPSA) is 61.8 Å². The third-order valence-electron chi connectivity index (χ3n) is 4.06. The van der Waals surface area contributed by atoms with E-state index in [4.69, 9.17) is 4.74 Å². The van der Waals surface area contributed by atoms with Gasteiger partial charge >= 0.3 is 6.03 Å². The Bertz CT molecular complexity index is 671. The molecule has 140 valence electrons. The number of rotatable bonds is 8. The highest BCUT2D eigenvalue weighted by Gasteiger charge is 2.16. The average molecular weight is 356 g/mol. The predicted molar refractivity (Wildman–Crippen MR) is 103 cm³/mol. The van der Waals surface area contributed by atoms with E-state index in [9.17, 15) is 9.90 Å². The second-order valence-corrected chi connectivity index (χ2v) is 6.56. The van der Waals surface area contributed by atoms with Gasteiger partial charge in [-0.2, -0.15) is 0 Å². The third kappa shape index (κ3) is 6.08. The van der Waals surface area contributed by atoms with Crippen LogP contribution in [0.4, 0.5) is 4.79 Å². The molecule has 5 nitrogen and oxygen atoms in total. The number of amides is 2. The molecule has 5 heteroatoms. The summed E-state index contributed by atoms with van der Waals surface area (Å²) >= 11 is 0. The molecule has 1 unspecified atom stereocenters. The number of carbonyl (C=O) groups excluding carboxylic acids is 1. The van der Waals surface area contributed by atoms with E-state index in [2.05, 4.69) is 19.2 Å². The highest BCUT2D eigenvalue weighted by atomic mass is 16.5. The van der Waals surface area contributed by atoms with Gasteiger partial charge in [-0.15, -0.1) is 0 Å². The van der Waals surface area contributed by atoms with E-state index in [1.165, 1.54) is 5.56 Å². The van der Waals surface area contributed by atoms with Gasteiger partial charge in [0, 0.05) is 13.1 Å². The fourth-order valence-electron chi connectivity index (χ4n) is 2.61. The quantitative estimate of drug-likeness (QED) is 0.708. The van der Waals surface area contributed by atoms with Crippen LogP contribution in [0.2, 0.25) is 0 Å². The van der Waals surface area contributed by atoms with Gasteiger partial charge < -0.3 is 20.1 Å². The first kappa shape index (κ1) is 19.8. The number of benzene rings is 2. The molecule has 0 spiro atoms. The first-order valence-corrected chi connectivity index (χ1v) is 8.96. The average Bonchev–Trinajstić information content (AvgIpc) is 2.62. The van der Waals surface area contributed by atoms with Crippen molar-refractivity contribution in [1.29, 1.82) is 0 Å². The summed E-state index contributed by atoms with van der Waals surface area (Å²) in [5.74, 6) is 1.17. The summed E-state index contributed by atoms with van der Waals surface area (Å²) in [6, 6.07) is 17.3. The largest absolute Gasteiger partial charge is 0.471 e. The normalized spacial score (nSPS) is 11.9. The number of hydrogen-bond acceptors (Lipinski definition) is 3. The second-order valence-electron chi connectivity index (χ2n) is 6.56. The van der Waals surface area contributed by atoms with Crippen molar-refractivity contribution < 1.29 is 14.6 Å². The van der Waals surface area contributed by atoms with Crippen molar-refractivity contribution >= 4 is 6.03 Å². The van der Waals surface area contributed by atoms with Crippen LogP contribution < -0.4 is 10.1 Å². The summed E-state index contributed by atoms with van der Waals surface area (Å²) in [5, 5.41) is 12.1. The predicted octanol–water partition coefficient (Wildman–Crippen LogP) is 3.74. The lowest BCUT2D eigenvalue weighted by atomic mass is 10.0. The van der Waals surface area contributed by atoms with Gasteiger partial charge in [0.15, 0.2) is 6.23 Å². The molecule has 26 heavy (non-hydrogen) atoms. The van der Waals surface area contributed by atoms with Crippen LogP contribution in [0.25, 0.3) is 0 Å². The molecule has 0 aliphatic rings. The smallest absolute Gasteiger partial charge is 0.320 e. The van der Waals surface area contributed by atoms with Gasteiger partial charge in [-0.05, 0) is 36.1 Å². The molecule has 2 rings (SSSR count). The van der Waals surface area contributed by atoms with E-state index in [1.54, 1.807) is 11.8 Å². The molecule has 2 N–H and O–H groups in total. The number of aliphatic hydroxyl groups excluding tert-OH is 1. The SMILES string of the molecule is CC(NC(=O)N(CCO)Cc1ccccc1)Oc1ccc(C(C)C)cc1. The lowest BCUT2D eigenvalue weighted by Crippen LogP contribution is -2.46. The van der Waals surface area contributed by atoms with Crippen LogP contribution in [0.1, 0.15) is 37.8 Å². The monoisotopic (exact) mass is 356 g/mol. The zero-order chi connectivity index (χ0) is 18.9. The van der Waals surface area contributed by atoms with E-state index >= 15 is 0 Å². The molecule has 2 aromatic rings. The van der Waals surface area contributed by atoms with Gasteiger partial charge in [-0.3, -0.25) is 0 Å². The number of carbonyl (C=O) groups is 1. The number of urea groups is 1. The van der Waals surface area contributed by atoms with Crippen LogP contribution in [0.15, 0.2) is 54.6 Å². The zero-order valence-corrected chi connectivity index (χ0v) is 15.7. The number of ether oxygens (including phenoxy) is 1. The molecule has 0 aliphatic heterocycles. The third-order valence-corrected chi connectivity index (χ3v) is 4.06. The Labute approximate surface area is 155 Å². The van der Waals surface area contributed by atoms with Gasteiger partial charge in [-0.1, -0.05) is 56.3 Å². The summed E-state index contributed by atoms with van der Waals surface area (Å²) in [7, 11) is 0. The van der Waals surface area contributed by atoms with Crippen LogP contribution in [-0.2, 0) is 6.54 Å². The first-order chi connectivity index (χ1) is 12.5. The number of nitrogens with one attached hydrogen (secondary N) is 1. The van der Waals surface area contributed by atoms with Gasteiger partial charge in [0.2, 0.25) is 0 Å². The maximum Gasteiger partial charge on any atom is 0.320 e. The molecule has 0 bridgehead atoms. The number of hydrogen-bond donors (Lipinski definition) is 2. The molecule has 0 saturated carbocycles. The van der Waals surface area contributed by atoms with Crippen molar-refractivity contribution in [3.8, 4) is 5.75 Å². The molecule has 0 heterocycles. The molecule has 2 aromatic carbocycles. The fraction of sp³-hybridized carbons (Fsp3) is 0.381. The van der Waals surface area contributed by atoms with Crippen molar-refractivity contribution in [2.45, 2.75) is 39.5 Å². The minimum atomic E-state index is -0.482. The van der Waals surface area contributed by atoms with Crippen molar-refractivity contribution in [3.63, 3.8) is 0 Å². The van der Waals surface area contributed by atoms with Crippen LogP contribution in [0, 0.1) is 0 Å². The van der Waals surface area contributed by atoms with E-state index in [-0.39, 0.29) is 19.2 Å².